The molecule has 0 aromatic carbocycles. The van der Waals surface area contributed by atoms with Crippen molar-refractivity contribution in [3.63, 3.8) is 0 Å². The Morgan fingerprint density at radius 1 is 0.400 bits per heavy atom. The van der Waals surface area contributed by atoms with Crippen LogP contribution in [-0.2, 0) is 30.4 Å². The summed E-state index contributed by atoms with van der Waals surface area (Å²) in [6.45, 7) is 5.89. The summed E-state index contributed by atoms with van der Waals surface area (Å²) in [6.07, 6.45) is 12.4. The number of rotatable bonds is 16. The molecule has 16 heteroatoms. The predicted molar refractivity (Wildman–Crippen MR) is 124 cm³/mol. The van der Waals surface area contributed by atoms with Gasteiger partial charge in [-0.25, -0.2) is 25.3 Å². The zero-order valence-electron chi connectivity index (χ0n) is 22.7. The molecule has 0 aliphatic rings. The Morgan fingerprint density at radius 3 is 0.800 bits per heavy atom. The van der Waals surface area contributed by atoms with E-state index >= 15 is 0 Å². The van der Waals surface area contributed by atoms with E-state index in [0.29, 0.717) is 19.3 Å². The van der Waals surface area contributed by atoms with Crippen molar-refractivity contribution in [2.45, 2.75) is 104 Å². The van der Waals surface area contributed by atoms with Crippen molar-refractivity contribution < 1.29 is 133 Å². The summed E-state index contributed by atoms with van der Waals surface area (Å²) in [7, 11) is -11.9. The molecule has 0 bridgehead atoms. The van der Waals surface area contributed by atoms with Crippen molar-refractivity contribution >= 4 is 30.4 Å². The summed E-state index contributed by atoms with van der Waals surface area (Å²) in [5, 5.41) is 0. The molecule has 200 valence electrons. The van der Waals surface area contributed by atoms with Crippen LogP contribution in [0.15, 0.2) is 0 Å². The van der Waals surface area contributed by atoms with E-state index in [1.807, 2.05) is 0 Å². The van der Waals surface area contributed by atoms with Crippen LogP contribution in [0.1, 0.15) is 104 Å². The minimum absolute atomic E-state index is 0. The average Bonchev–Trinajstić information content (AvgIpc) is 2.59. The first-order valence-electron chi connectivity index (χ1n) is 11.0. The smallest absolute Gasteiger partial charge is 0.748 e. The zero-order valence-corrected chi connectivity index (χ0v) is 31.2. The SMILES string of the molecule is CCCCCCCCCS(=O)(=O)[O-].CCCCCCCS(=O)(=O)[O-].CCCS(=O)(=O)[O-].O.[Na+].[Na+].[Na+]. The minimum atomic E-state index is -3.97. The van der Waals surface area contributed by atoms with Crippen LogP contribution in [0.5, 0.6) is 0 Å². The van der Waals surface area contributed by atoms with Gasteiger partial charge in [-0.15, -0.1) is 0 Å². The quantitative estimate of drug-likeness (QED) is 0.0943. The fourth-order valence-corrected chi connectivity index (χ4v) is 3.98. The molecule has 2 N–H and O–H groups in total. The summed E-state index contributed by atoms with van der Waals surface area (Å²) < 4.78 is 90.0. The largest absolute Gasteiger partial charge is 1.00 e. The molecule has 0 radical (unpaired) electrons. The molecule has 0 saturated heterocycles. The maximum Gasteiger partial charge on any atom is 1.00 e. The van der Waals surface area contributed by atoms with Crippen LogP contribution in [0.4, 0.5) is 0 Å². The Kier molecular flexibility index (Phi) is 53.4. The number of hydrogen-bond acceptors (Lipinski definition) is 9. The van der Waals surface area contributed by atoms with E-state index in [1.54, 1.807) is 6.92 Å². The Bertz CT molecular complexity index is 702. The van der Waals surface area contributed by atoms with E-state index < -0.39 is 30.4 Å². The maximum absolute atomic E-state index is 10.2. The molecule has 0 aromatic rings. The third-order valence-electron chi connectivity index (χ3n) is 3.95. The van der Waals surface area contributed by atoms with Gasteiger partial charge in [0.1, 0.15) is 0 Å². The zero-order chi connectivity index (χ0) is 24.8. The first-order chi connectivity index (χ1) is 14.2. The Hall–Kier alpha value is 2.69. The van der Waals surface area contributed by atoms with Gasteiger partial charge in [0.2, 0.25) is 0 Å². The maximum atomic E-state index is 10.2. The molecule has 0 rings (SSSR count). The van der Waals surface area contributed by atoms with Crippen molar-refractivity contribution in [1.29, 1.82) is 0 Å². The second-order valence-corrected chi connectivity index (χ2v) is 11.9. The molecule has 0 aliphatic carbocycles. The molecule has 0 aliphatic heterocycles. The summed E-state index contributed by atoms with van der Waals surface area (Å²) in [4.78, 5) is 0. The molecule has 35 heavy (non-hydrogen) atoms. The summed E-state index contributed by atoms with van der Waals surface area (Å²) >= 11 is 0. The normalized spacial score (nSPS) is 10.5. The van der Waals surface area contributed by atoms with Crippen LogP contribution < -0.4 is 88.7 Å². The molecule has 0 amide bonds. The van der Waals surface area contributed by atoms with E-state index in [9.17, 15) is 38.9 Å². The van der Waals surface area contributed by atoms with Gasteiger partial charge in [0.15, 0.2) is 0 Å². The Labute approximate surface area is 281 Å². The number of hydrogen-bond donors (Lipinski definition) is 0. The van der Waals surface area contributed by atoms with Gasteiger partial charge in [0.25, 0.3) is 0 Å². The van der Waals surface area contributed by atoms with Gasteiger partial charge in [-0.1, -0.05) is 85.0 Å². The monoisotopic (exact) mass is 596 g/mol. The average molecular weight is 597 g/mol. The van der Waals surface area contributed by atoms with Crippen LogP contribution in [0.2, 0.25) is 0 Å². The van der Waals surface area contributed by atoms with Crippen LogP contribution in [0.3, 0.4) is 0 Å². The van der Waals surface area contributed by atoms with E-state index in [1.165, 1.54) is 19.3 Å². The van der Waals surface area contributed by atoms with Gasteiger partial charge < -0.3 is 19.1 Å². The second kappa shape index (κ2) is 34.7. The van der Waals surface area contributed by atoms with Gasteiger partial charge in [0, 0.05) is 17.3 Å². The van der Waals surface area contributed by atoms with Gasteiger partial charge in [-0.05, 0) is 19.3 Å². The molecule has 0 saturated carbocycles. The summed E-state index contributed by atoms with van der Waals surface area (Å²) in [6, 6.07) is 0. The molecule has 0 aromatic heterocycles. The van der Waals surface area contributed by atoms with Crippen molar-refractivity contribution in [3.8, 4) is 0 Å². The summed E-state index contributed by atoms with van der Waals surface area (Å²) in [5.74, 6) is -0.634. The fourth-order valence-electron chi connectivity index (χ4n) is 2.37. The van der Waals surface area contributed by atoms with Crippen molar-refractivity contribution in [1.82, 2.24) is 0 Å². The first kappa shape index (κ1) is 53.9. The van der Waals surface area contributed by atoms with Gasteiger partial charge >= 0.3 is 88.7 Å². The molecular formula is C19H43Na3O10S3. The Morgan fingerprint density at radius 2 is 0.629 bits per heavy atom. The molecular weight excluding hydrogens is 553 g/mol. The van der Waals surface area contributed by atoms with Gasteiger partial charge in [-0.2, -0.15) is 0 Å². The van der Waals surface area contributed by atoms with Crippen molar-refractivity contribution in [2.24, 2.45) is 0 Å². The van der Waals surface area contributed by atoms with Crippen LogP contribution >= 0.6 is 0 Å². The van der Waals surface area contributed by atoms with Crippen molar-refractivity contribution in [3.05, 3.63) is 0 Å². The first-order valence-corrected chi connectivity index (χ1v) is 15.7. The fraction of sp³-hybridized carbons (Fsp3) is 1.00. The topological polar surface area (TPSA) is 203 Å². The minimum Gasteiger partial charge on any atom is -0.748 e. The van der Waals surface area contributed by atoms with Gasteiger partial charge in [0.05, 0.1) is 30.4 Å². The number of unbranched alkanes of at least 4 members (excludes halogenated alkanes) is 10. The molecule has 0 unspecified atom stereocenters. The molecule has 0 atom stereocenters. The summed E-state index contributed by atoms with van der Waals surface area (Å²) in [5.41, 5.74) is 0. The van der Waals surface area contributed by atoms with E-state index in [0.717, 1.165) is 44.9 Å². The third kappa shape index (κ3) is 72.4. The molecule has 0 fully saturated rings. The molecule has 0 spiro atoms. The van der Waals surface area contributed by atoms with E-state index in [2.05, 4.69) is 13.8 Å². The molecule has 0 heterocycles. The van der Waals surface area contributed by atoms with Gasteiger partial charge in [-0.3, -0.25) is 0 Å². The molecule has 10 nitrogen and oxygen atoms in total. The Balaban J connectivity index is -0.0000000659. The van der Waals surface area contributed by atoms with Crippen LogP contribution in [0.25, 0.3) is 0 Å². The standard InChI is InChI=1S/C9H20O3S.C7H16O3S.C3H8O3S.3Na.H2O/c1-2-3-4-5-6-7-8-9-13(10,11)12;1-2-3-4-5-6-7-11(8,9)10;1-2-3-7(4,5)6;;;;/h2-9H2,1H3,(H,10,11,12);2-7H2,1H3,(H,8,9,10);2-3H2,1H3,(H,4,5,6);;;;1H2/q;;;3*+1;/p-3. The van der Waals surface area contributed by atoms with E-state index in [-0.39, 0.29) is 111 Å². The predicted octanol–water partition coefficient (Wildman–Crippen LogP) is -6.09. The van der Waals surface area contributed by atoms with Crippen LogP contribution in [0, 0.1) is 0 Å². The third-order valence-corrected chi connectivity index (χ3v) is 6.44. The van der Waals surface area contributed by atoms with Crippen molar-refractivity contribution in [2.75, 3.05) is 17.3 Å². The van der Waals surface area contributed by atoms with E-state index in [4.69, 9.17) is 0 Å². The van der Waals surface area contributed by atoms with Crippen LogP contribution in [-0.4, -0.2) is 61.6 Å². The second-order valence-electron chi connectivity index (χ2n) is 7.32.